The zero-order valence-electron chi connectivity index (χ0n) is 6.93. The first kappa shape index (κ1) is 7.59. The molecule has 0 bridgehead atoms. The summed E-state index contributed by atoms with van der Waals surface area (Å²) >= 11 is 0. The van der Waals surface area contributed by atoms with Crippen molar-refractivity contribution in [3.05, 3.63) is 23.8 Å². The van der Waals surface area contributed by atoms with Gasteiger partial charge >= 0.3 is 0 Å². The molecule has 0 radical (unpaired) electrons. The molecule has 0 aromatic carbocycles. The van der Waals surface area contributed by atoms with Crippen LogP contribution in [0.4, 0.5) is 0 Å². The Kier molecular flexibility index (Phi) is 2.73. The van der Waals surface area contributed by atoms with E-state index in [0.717, 1.165) is 5.92 Å². The first-order valence-electron chi connectivity index (χ1n) is 4.24. The molecule has 0 amide bonds. The van der Waals surface area contributed by atoms with Crippen molar-refractivity contribution in [1.82, 2.24) is 0 Å². The molecule has 1 rings (SSSR count). The van der Waals surface area contributed by atoms with Gasteiger partial charge in [-0.15, -0.1) is 0 Å². The van der Waals surface area contributed by atoms with Gasteiger partial charge in [-0.2, -0.15) is 0 Å². The Morgan fingerprint density at radius 2 is 2.30 bits per heavy atom. The highest BCUT2D eigenvalue weighted by Gasteiger charge is 2.03. The van der Waals surface area contributed by atoms with Gasteiger partial charge in [0, 0.05) is 0 Å². The van der Waals surface area contributed by atoms with E-state index in [1.165, 1.54) is 24.8 Å². The molecule has 0 spiro atoms. The molecule has 0 aliphatic heterocycles. The van der Waals surface area contributed by atoms with Crippen LogP contribution in [0.25, 0.3) is 0 Å². The lowest BCUT2D eigenvalue weighted by atomic mass is 9.94. The predicted molar refractivity (Wildman–Crippen MR) is 45.9 cm³/mol. The summed E-state index contributed by atoms with van der Waals surface area (Å²) in [5, 5.41) is 0. The van der Waals surface area contributed by atoms with Crippen LogP contribution in [0.2, 0.25) is 0 Å². The topological polar surface area (TPSA) is 0 Å². The van der Waals surface area contributed by atoms with Crippen LogP contribution < -0.4 is 0 Å². The van der Waals surface area contributed by atoms with Gasteiger partial charge in [-0.3, -0.25) is 0 Å². The van der Waals surface area contributed by atoms with E-state index in [0.29, 0.717) is 0 Å². The van der Waals surface area contributed by atoms with Crippen molar-refractivity contribution in [2.45, 2.75) is 33.1 Å². The molecule has 1 aliphatic rings. The maximum absolute atomic E-state index is 2.37. The first-order chi connectivity index (χ1) is 4.86. The number of allylic oxidation sites excluding steroid dienone is 4. The molecule has 10 heavy (non-hydrogen) atoms. The monoisotopic (exact) mass is 136 g/mol. The van der Waals surface area contributed by atoms with Crippen molar-refractivity contribution in [2.75, 3.05) is 0 Å². The van der Waals surface area contributed by atoms with Gasteiger partial charge in [0.2, 0.25) is 0 Å². The second-order valence-corrected chi connectivity index (χ2v) is 2.90. The Morgan fingerprint density at radius 1 is 1.50 bits per heavy atom. The fourth-order valence-corrected chi connectivity index (χ4v) is 1.27. The Labute approximate surface area is 63.6 Å². The van der Waals surface area contributed by atoms with Gasteiger partial charge in [0.25, 0.3) is 0 Å². The average molecular weight is 136 g/mol. The molecule has 0 aromatic rings. The molecule has 0 heteroatoms. The molecule has 0 N–H and O–H groups in total. The molecule has 56 valence electrons. The lowest BCUT2D eigenvalue weighted by Crippen LogP contribution is -1.96. The van der Waals surface area contributed by atoms with Crippen molar-refractivity contribution < 1.29 is 0 Å². The largest absolute Gasteiger partial charge is 0.0809 e. The lowest BCUT2D eigenvalue weighted by Gasteiger charge is -2.12. The van der Waals surface area contributed by atoms with Gasteiger partial charge in [0.05, 0.1) is 0 Å². The molecule has 0 saturated carbocycles. The third-order valence-electron chi connectivity index (χ3n) is 2.20. The molecule has 0 unspecified atom stereocenters. The number of hydrogen-bond acceptors (Lipinski definition) is 0. The van der Waals surface area contributed by atoms with Crippen LogP contribution in [-0.4, -0.2) is 0 Å². The van der Waals surface area contributed by atoms with E-state index in [1.54, 1.807) is 0 Å². The van der Waals surface area contributed by atoms with Gasteiger partial charge < -0.3 is 0 Å². The minimum atomic E-state index is 0.815. The molecule has 0 nitrogen and oxygen atoms in total. The van der Waals surface area contributed by atoms with Gasteiger partial charge in [0.1, 0.15) is 0 Å². The summed E-state index contributed by atoms with van der Waals surface area (Å²) in [6.07, 6.45) is 10.7. The minimum absolute atomic E-state index is 0.815. The summed E-state index contributed by atoms with van der Waals surface area (Å²) < 4.78 is 0. The van der Waals surface area contributed by atoms with Crippen LogP contribution in [0.15, 0.2) is 23.8 Å². The van der Waals surface area contributed by atoms with Crippen LogP contribution in [0.1, 0.15) is 33.1 Å². The third kappa shape index (κ3) is 1.73. The van der Waals surface area contributed by atoms with Crippen LogP contribution in [0.3, 0.4) is 0 Å². The molecule has 1 aliphatic carbocycles. The Balaban J connectivity index is 2.46. The average Bonchev–Trinajstić information content (AvgIpc) is 2.05. The molecule has 0 saturated heterocycles. The Hall–Kier alpha value is -0.520. The van der Waals surface area contributed by atoms with Crippen molar-refractivity contribution in [2.24, 2.45) is 5.92 Å². The van der Waals surface area contributed by atoms with Crippen molar-refractivity contribution >= 4 is 0 Å². The SMILES string of the molecule is CCC1=CC[C@H](CC)C=C1. The fourth-order valence-electron chi connectivity index (χ4n) is 1.27. The van der Waals surface area contributed by atoms with Crippen molar-refractivity contribution in [3.63, 3.8) is 0 Å². The smallest absolute Gasteiger partial charge is 0.0198 e. The molecular weight excluding hydrogens is 120 g/mol. The van der Waals surface area contributed by atoms with E-state index in [9.17, 15) is 0 Å². The zero-order valence-corrected chi connectivity index (χ0v) is 6.93. The van der Waals surface area contributed by atoms with E-state index >= 15 is 0 Å². The predicted octanol–water partition coefficient (Wildman–Crippen LogP) is 3.31. The zero-order chi connectivity index (χ0) is 7.40. The number of rotatable bonds is 2. The van der Waals surface area contributed by atoms with Gasteiger partial charge in [-0.1, -0.05) is 37.6 Å². The second kappa shape index (κ2) is 3.60. The van der Waals surface area contributed by atoms with Gasteiger partial charge in [-0.25, -0.2) is 0 Å². The summed E-state index contributed by atoms with van der Waals surface area (Å²) in [4.78, 5) is 0. The maximum atomic E-state index is 2.37. The minimum Gasteiger partial charge on any atom is -0.0809 e. The van der Waals surface area contributed by atoms with Crippen LogP contribution in [0, 0.1) is 5.92 Å². The van der Waals surface area contributed by atoms with Gasteiger partial charge in [-0.05, 0) is 25.2 Å². The summed E-state index contributed by atoms with van der Waals surface area (Å²) in [6.45, 7) is 4.46. The lowest BCUT2D eigenvalue weighted by molar-refractivity contribution is 0.627. The molecular formula is C10H16. The van der Waals surface area contributed by atoms with Crippen LogP contribution in [-0.2, 0) is 0 Å². The molecule has 1 atom stereocenters. The standard InChI is InChI=1S/C10H16/c1-3-9-5-7-10(4-2)8-6-9/h5-7,10H,3-4,8H2,1-2H3/t10-/m1/s1. The normalized spacial score (nSPS) is 24.6. The third-order valence-corrected chi connectivity index (χ3v) is 2.20. The Morgan fingerprint density at radius 3 is 2.70 bits per heavy atom. The van der Waals surface area contributed by atoms with E-state index in [1.807, 2.05) is 0 Å². The molecule has 0 aromatic heterocycles. The molecule has 0 heterocycles. The summed E-state index contributed by atoms with van der Waals surface area (Å²) in [5.41, 5.74) is 1.50. The van der Waals surface area contributed by atoms with E-state index in [-0.39, 0.29) is 0 Å². The van der Waals surface area contributed by atoms with Crippen molar-refractivity contribution in [1.29, 1.82) is 0 Å². The van der Waals surface area contributed by atoms with Crippen molar-refractivity contribution in [3.8, 4) is 0 Å². The number of hydrogen-bond donors (Lipinski definition) is 0. The first-order valence-corrected chi connectivity index (χ1v) is 4.24. The molecule has 0 fully saturated rings. The highest BCUT2D eigenvalue weighted by atomic mass is 14.1. The second-order valence-electron chi connectivity index (χ2n) is 2.90. The van der Waals surface area contributed by atoms with E-state index in [2.05, 4.69) is 32.1 Å². The summed E-state index contributed by atoms with van der Waals surface area (Å²) in [6, 6.07) is 0. The highest BCUT2D eigenvalue weighted by molar-refractivity contribution is 5.22. The van der Waals surface area contributed by atoms with E-state index < -0.39 is 0 Å². The highest BCUT2D eigenvalue weighted by Crippen LogP contribution is 2.20. The van der Waals surface area contributed by atoms with Crippen LogP contribution in [0.5, 0.6) is 0 Å². The van der Waals surface area contributed by atoms with E-state index in [4.69, 9.17) is 0 Å². The Bertz CT molecular complexity index is 151. The van der Waals surface area contributed by atoms with Crippen LogP contribution >= 0.6 is 0 Å². The van der Waals surface area contributed by atoms with Gasteiger partial charge in [0.15, 0.2) is 0 Å². The maximum Gasteiger partial charge on any atom is -0.0198 e. The quantitative estimate of drug-likeness (QED) is 0.546. The fraction of sp³-hybridized carbons (Fsp3) is 0.600. The summed E-state index contributed by atoms with van der Waals surface area (Å²) in [7, 11) is 0. The summed E-state index contributed by atoms with van der Waals surface area (Å²) in [5.74, 6) is 0.815.